The van der Waals surface area contributed by atoms with Gasteiger partial charge in [0.15, 0.2) is 5.82 Å². The van der Waals surface area contributed by atoms with Gasteiger partial charge in [-0.1, -0.05) is 0 Å². The second kappa shape index (κ2) is 6.51. The maximum atomic E-state index is 10.3. The topological polar surface area (TPSA) is 75.2 Å². The highest BCUT2D eigenvalue weighted by atomic mass is 16.3. The summed E-state index contributed by atoms with van der Waals surface area (Å²) in [6.07, 6.45) is 2.52. The lowest BCUT2D eigenvalue weighted by molar-refractivity contribution is 0.171. The lowest BCUT2D eigenvalue weighted by Gasteiger charge is -2.27. The molecule has 136 valence electrons. The van der Waals surface area contributed by atoms with Crippen LogP contribution in [0.5, 0.6) is 0 Å². The molecule has 1 fully saturated rings. The summed E-state index contributed by atoms with van der Waals surface area (Å²) in [5, 5.41) is 23.7. The molecule has 1 saturated heterocycles. The van der Waals surface area contributed by atoms with E-state index in [1.54, 1.807) is 0 Å². The quantitative estimate of drug-likeness (QED) is 0.873. The first-order valence-electron chi connectivity index (χ1n) is 9.10. The maximum absolute atomic E-state index is 10.3. The van der Waals surface area contributed by atoms with E-state index in [2.05, 4.69) is 56.8 Å². The SMILES string of the molecule is CCn1cc(CN2C[C@@H](O)C[C@H]2c2nnc3n2CCN(C)C3)c(C)n1. The van der Waals surface area contributed by atoms with Crippen LogP contribution in [0.4, 0.5) is 0 Å². The minimum Gasteiger partial charge on any atom is -0.392 e. The number of hydrogen-bond donors (Lipinski definition) is 1. The Hall–Kier alpha value is -1.77. The van der Waals surface area contributed by atoms with Gasteiger partial charge in [-0.05, 0) is 27.3 Å². The Bertz CT molecular complexity index is 752. The summed E-state index contributed by atoms with van der Waals surface area (Å²) in [6, 6.07) is 0.115. The standard InChI is InChI=1S/C17H27N7O/c1-4-23-9-13(12(2)20-23)8-22-10-14(25)7-15(22)17-19-18-16-11-21(3)5-6-24(16)17/h9,14-15,25H,4-8,10-11H2,1-3H3/t14-,15-/m0/s1. The number of aliphatic hydroxyl groups excluding tert-OH is 1. The number of likely N-dealkylation sites (tertiary alicyclic amines) is 1. The molecule has 4 rings (SSSR count). The van der Waals surface area contributed by atoms with Crippen LogP contribution in [-0.2, 0) is 26.2 Å². The number of fused-ring (bicyclic) bond motifs is 1. The van der Waals surface area contributed by atoms with Crippen molar-refractivity contribution >= 4 is 0 Å². The first-order chi connectivity index (χ1) is 12.0. The molecule has 0 radical (unpaired) electrons. The van der Waals surface area contributed by atoms with Crippen LogP contribution in [0.2, 0.25) is 0 Å². The molecule has 0 saturated carbocycles. The molecule has 2 aromatic rings. The molecule has 2 aliphatic rings. The third-order valence-electron chi connectivity index (χ3n) is 5.40. The Morgan fingerprint density at radius 1 is 1.28 bits per heavy atom. The smallest absolute Gasteiger partial charge is 0.150 e. The number of β-amino-alcohol motifs (C(OH)–C–C–N with tert-alkyl or cyclic N) is 1. The maximum Gasteiger partial charge on any atom is 0.150 e. The van der Waals surface area contributed by atoms with Crippen molar-refractivity contribution in [3.8, 4) is 0 Å². The van der Waals surface area contributed by atoms with Gasteiger partial charge in [-0.3, -0.25) is 14.5 Å². The predicted molar refractivity (Wildman–Crippen MR) is 92.8 cm³/mol. The molecular weight excluding hydrogens is 318 g/mol. The predicted octanol–water partition coefficient (Wildman–Crippen LogP) is 0.556. The average molecular weight is 345 g/mol. The van der Waals surface area contributed by atoms with Gasteiger partial charge in [-0.25, -0.2) is 0 Å². The average Bonchev–Trinajstić information content (AvgIpc) is 3.25. The zero-order valence-electron chi connectivity index (χ0n) is 15.3. The van der Waals surface area contributed by atoms with Crippen molar-refractivity contribution in [1.29, 1.82) is 0 Å². The number of aryl methyl sites for hydroxylation is 2. The highest BCUT2D eigenvalue weighted by Gasteiger charge is 2.36. The molecule has 0 aromatic carbocycles. The summed E-state index contributed by atoms with van der Waals surface area (Å²) in [6.45, 7) is 9.24. The molecule has 2 atom stereocenters. The van der Waals surface area contributed by atoms with Gasteiger partial charge in [0.1, 0.15) is 5.82 Å². The van der Waals surface area contributed by atoms with Crippen molar-refractivity contribution in [1.82, 2.24) is 34.3 Å². The fraction of sp³-hybridized carbons (Fsp3) is 0.706. The Kier molecular flexibility index (Phi) is 4.35. The molecule has 2 aliphatic heterocycles. The molecule has 25 heavy (non-hydrogen) atoms. The summed E-state index contributed by atoms with van der Waals surface area (Å²) >= 11 is 0. The van der Waals surface area contributed by atoms with Crippen molar-refractivity contribution < 1.29 is 5.11 Å². The molecule has 0 unspecified atom stereocenters. The van der Waals surface area contributed by atoms with Gasteiger partial charge in [0.25, 0.3) is 0 Å². The number of rotatable bonds is 4. The van der Waals surface area contributed by atoms with Crippen molar-refractivity contribution in [2.75, 3.05) is 20.1 Å². The molecule has 8 nitrogen and oxygen atoms in total. The third-order valence-corrected chi connectivity index (χ3v) is 5.40. The summed E-state index contributed by atoms with van der Waals surface area (Å²) in [4.78, 5) is 4.59. The van der Waals surface area contributed by atoms with Crippen LogP contribution < -0.4 is 0 Å². The minimum absolute atomic E-state index is 0.115. The number of nitrogens with zero attached hydrogens (tertiary/aromatic N) is 7. The van der Waals surface area contributed by atoms with Crippen LogP contribution in [0.25, 0.3) is 0 Å². The van der Waals surface area contributed by atoms with E-state index >= 15 is 0 Å². The third kappa shape index (κ3) is 3.09. The second-order valence-corrected chi connectivity index (χ2v) is 7.29. The summed E-state index contributed by atoms with van der Waals surface area (Å²) in [5.41, 5.74) is 2.28. The molecule has 2 aromatic heterocycles. The number of likely N-dealkylation sites (N-methyl/N-ethyl adjacent to an activating group) is 1. The van der Waals surface area contributed by atoms with Crippen LogP contribution in [0.1, 0.15) is 42.3 Å². The summed E-state index contributed by atoms with van der Waals surface area (Å²) < 4.78 is 4.22. The lowest BCUT2D eigenvalue weighted by Crippen LogP contribution is -2.33. The summed E-state index contributed by atoms with van der Waals surface area (Å²) in [7, 11) is 2.11. The normalized spacial score (nSPS) is 24.8. The fourth-order valence-electron chi connectivity index (χ4n) is 3.97. The number of aromatic nitrogens is 5. The van der Waals surface area contributed by atoms with Gasteiger partial charge in [0.2, 0.25) is 0 Å². The Morgan fingerprint density at radius 3 is 2.88 bits per heavy atom. The highest BCUT2D eigenvalue weighted by molar-refractivity contribution is 5.17. The largest absolute Gasteiger partial charge is 0.392 e. The Morgan fingerprint density at radius 2 is 2.12 bits per heavy atom. The van der Waals surface area contributed by atoms with Crippen LogP contribution in [0.3, 0.4) is 0 Å². The van der Waals surface area contributed by atoms with E-state index in [1.165, 1.54) is 5.56 Å². The van der Waals surface area contributed by atoms with E-state index in [1.807, 2.05) is 4.68 Å². The molecule has 4 heterocycles. The van der Waals surface area contributed by atoms with E-state index in [9.17, 15) is 5.11 Å². The monoisotopic (exact) mass is 345 g/mol. The van der Waals surface area contributed by atoms with Crippen molar-refractivity contribution in [2.24, 2.45) is 0 Å². The van der Waals surface area contributed by atoms with Gasteiger partial charge in [-0.15, -0.1) is 10.2 Å². The Balaban J connectivity index is 1.59. The van der Waals surface area contributed by atoms with Crippen LogP contribution >= 0.6 is 0 Å². The summed E-state index contributed by atoms with van der Waals surface area (Å²) in [5.74, 6) is 2.03. The van der Waals surface area contributed by atoms with E-state index in [4.69, 9.17) is 0 Å². The van der Waals surface area contributed by atoms with Gasteiger partial charge in [0.05, 0.1) is 24.4 Å². The van der Waals surface area contributed by atoms with Crippen molar-refractivity contribution in [2.45, 2.75) is 58.6 Å². The first-order valence-corrected chi connectivity index (χ1v) is 9.10. The molecule has 0 amide bonds. The van der Waals surface area contributed by atoms with Gasteiger partial charge < -0.3 is 9.67 Å². The van der Waals surface area contributed by atoms with Crippen LogP contribution in [0, 0.1) is 6.92 Å². The molecule has 0 bridgehead atoms. The molecule has 0 aliphatic carbocycles. The second-order valence-electron chi connectivity index (χ2n) is 7.29. The molecule has 8 heteroatoms. The van der Waals surface area contributed by atoms with E-state index in [0.717, 1.165) is 56.5 Å². The van der Waals surface area contributed by atoms with Gasteiger partial charge >= 0.3 is 0 Å². The van der Waals surface area contributed by atoms with Gasteiger partial charge in [0, 0.05) is 44.5 Å². The Labute approximate surface area is 148 Å². The number of aliphatic hydroxyl groups is 1. The van der Waals surface area contributed by atoms with E-state index < -0.39 is 0 Å². The first kappa shape index (κ1) is 16.7. The minimum atomic E-state index is -0.314. The number of hydrogen-bond acceptors (Lipinski definition) is 6. The van der Waals surface area contributed by atoms with Crippen molar-refractivity contribution in [3.05, 3.63) is 29.1 Å². The van der Waals surface area contributed by atoms with Crippen LogP contribution in [0.15, 0.2) is 6.20 Å². The zero-order chi connectivity index (χ0) is 17.6. The van der Waals surface area contributed by atoms with E-state index in [-0.39, 0.29) is 12.1 Å². The molecule has 0 spiro atoms. The van der Waals surface area contributed by atoms with E-state index in [0.29, 0.717) is 6.54 Å². The molecule has 1 N–H and O–H groups in total. The van der Waals surface area contributed by atoms with Crippen LogP contribution in [-0.4, -0.2) is 65.7 Å². The highest BCUT2D eigenvalue weighted by Crippen LogP contribution is 2.33. The lowest BCUT2D eigenvalue weighted by atomic mass is 10.1. The van der Waals surface area contributed by atoms with Crippen molar-refractivity contribution in [3.63, 3.8) is 0 Å². The van der Waals surface area contributed by atoms with Gasteiger partial charge in [-0.2, -0.15) is 5.10 Å². The fourth-order valence-corrected chi connectivity index (χ4v) is 3.97. The molecular formula is C17H27N7O. The zero-order valence-corrected chi connectivity index (χ0v) is 15.3.